The maximum absolute atomic E-state index is 12.6. The topological polar surface area (TPSA) is 43.4 Å². The Morgan fingerprint density at radius 3 is 2.68 bits per heavy atom. The molecule has 4 heteroatoms. The van der Waals surface area contributed by atoms with Gasteiger partial charge >= 0.3 is 5.97 Å². The largest absolute Gasteiger partial charge is 0.469 e. The van der Waals surface area contributed by atoms with Gasteiger partial charge in [0.2, 0.25) is 5.78 Å². The van der Waals surface area contributed by atoms with Crippen molar-refractivity contribution >= 4 is 11.8 Å². The maximum Gasteiger partial charge on any atom is 0.315 e. The molecule has 19 heavy (non-hydrogen) atoms. The number of rotatable bonds is 1. The van der Waals surface area contributed by atoms with Crippen molar-refractivity contribution < 1.29 is 18.8 Å². The number of hydrogen-bond acceptors (Lipinski definition) is 3. The summed E-state index contributed by atoms with van der Waals surface area (Å²) in [5.41, 5.74) is 1.77. The quantitative estimate of drug-likeness (QED) is 0.568. The second kappa shape index (κ2) is 3.90. The van der Waals surface area contributed by atoms with Gasteiger partial charge in [0.05, 0.1) is 21.2 Å². The van der Waals surface area contributed by atoms with Gasteiger partial charge in [-0.1, -0.05) is 24.3 Å². The van der Waals surface area contributed by atoms with Crippen molar-refractivity contribution in [3.63, 3.8) is 0 Å². The van der Waals surface area contributed by atoms with Gasteiger partial charge in [-0.05, 0) is 0 Å². The normalized spacial score (nSPS) is 30.9. The first kappa shape index (κ1) is 12.4. The van der Waals surface area contributed by atoms with Crippen molar-refractivity contribution in [2.24, 2.45) is 5.92 Å². The predicted molar refractivity (Wildman–Crippen MR) is 69.5 cm³/mol. The first-order chi connectivity index (χ1) is 8.98. The molecule has 3 atom stereocenters. The molecule has 0 amide bonds. The van der Waals surface area contributed by atoms with Gasteiger partial charge in [-0.2, -0.15) is 0 Å². The van der Waals surface area contributed by atoms with Crippen molar-refractivity contribution in [2.75, 3.05) is 21.2 Å². The number of hydrogen-bond donors (Lipinski definition) is 0. The highest BCUT2D eigenvalue weighted by atomic mass is 16.5. The number of methoxy groups -OCH3 is 1. The molecular formula is C15H18NO3+. The highest BCUT2D eigenvalue weighted by molar-refractivity contribution is 6.02. The van der Waals surface area contributed by atoms with Crippen LogP contribution in [-0.4, -0.2) is 43.5 Å². The minimum atomic E-state index is -0.224. The highest BCUT2D eigenvalue weighted by Gasteiger charge is 2.60. The maximum atomic E-state index is 12.6. The van der Waals surface area contributed by atoms with Crippen LogP contribution in [0.25, 0.3) is 0 Å². The molecule has 1 saturated heterocycles. The average molecular weight is 260 g/mol. The Hall–Kier alpha value is -1.68. The van der Waals surface area contributed by atoms with Crippen molar-refractivity contribution in [1.82, 2.24) is 0 Å². The van der Waals surface area contributed by atoms with Crippen LogP contribution in [0.3, 0.4) is 0 Å². The van der Waals surface area contributed by atoms with Crippen LogP contribution in [0, 0.1) is 5.92 Å². The van der Waals surface area contributed by atoms with Crippen LogP contribution in [-0.2, 0) is 9.53 Å². The number of carbonyl (C=O) groups is 2. The van der Waals surface area contributed by atoms with Gasteiger partial charge < -0.3 is 9.22 Å². The smallest absolute Gasteiger partial charge is 0.315 e. The second-order valence-corrected chi connectivity index (χ2v) is 5.91. The molecular weight excluding hydrogens is 242 g/mol. The van der Waals surface area contributed by atoms with E-state index in [9.17, 15) is 9.59 Å². The molecule has 2 bridgehead atoms. The van der Waals surface area contributed by atoms with E-state index in [0.717, 1.165) is 11.1 Å². The van der Waals surface area contributed by atoms with E-state index >= 15 is 0 Å². The summed E-state index contributed by atoms with van der Waals surface area (Å²) in [4.78, 5) is 24.6. The molecule has 0 spiro atoms. The van der Waals surface area contributed by atoms with Crippen LogP contribution >= 0.6 is 0 Å². The second-order valence-electron chi connectivity index (χ2n) is 5.91. The molecule has 1 fully saturated rings. The molecule has 0 N–H and O–H groups in total. The molecule has 100 valence electrons. The SMILES string of the molecule is COC(=O)C1CC2C(=O)c3ccccc3C1[N+]2(C)C. The van der Waals surface area contributed by atoms with E-state index in [1.165, 1.54) is 7.11 Å². The fourth-order valence-electron chi connectivity index (χ4n) is 3.82. The van der Waals surface area contributed by atoms with E-state index in [1.54, 1.807) is 0 Å². The molecule has 1 aromatic carbocycles. The average Bonchev–Trinajstić information content (AvgIpc) is 2.58. The minimum Gasteiger partial charge on any atom is -0.469 e. The van der Waals surface area contributed by atoms with Crippen molar-refractivity contribution in [3.05, 3.63) is 35.4 Å². The summed E-state index contributed by atoms with van der Waals surface area (Å²) in [6.45, 7) is 0. The molecule has 0 saturated carbocycles. The third-order valence-electron chi connectivity index (χ3n) is 4.73. The highest BCUT2D eigenvalue weighted by Crippen LogP contribution is 2.50. The lowest BCUT2D eigenvalue weighted by atomic mass is 9.88. The Bertz CT molecular complexity index is 564. The summed E-state index contributed by atoms with van der Waals surface area (Å²) in [6, 6.07) is 7.54. The third kappa shape index (κ3) is 1.49. The van der Waals surface area contributed by atoms with Crippen LogP contribution in [0.15, 0.2) is 24.3 Å². The zero-order valence-electron chi connectivity index (χ0n) is 11.4. The molecule has 0 aliphatic carbocycles. The Morgan fingerprint density at radius 1 is 1.32 bits per heavy atom. The third-order valence-corrected chi connectivity index (χ3v) is 4.73. The van der Waals surface area contributed by atoms with Crippen LogP contribution in [0.2, 0.25) is 0 Å². The van der Waals surface area contributed by atoms with Crippen LogP contribution < -0.4 is 0 Å². The Kier molecular flexibility index (Phi) is 2.54. The molecule has 1 aromatic rings. The molecule has 3 rings (SSSR count). The van der Waals surface area contributed by atoms with Gasteiger partial charge in [0, 0.05) is 17.5 Å². The Labute approximate surface area is 112 Å². The number of esters is 1. The number of carbonyl (C=O) groups excluding carboxylic acids is 2. The number of likely N-dealkylation sites (N-methyl/N-ethyl adjacent to an activating group) is 1. The summed E-state index contributed by atoms with van der Waals surface area (Å²) in [5.74, 6) is -0.274. The number of nitrogens with zero attached hydrogens (tertiary/aromatic N) is 1. The van der Waals surface area contributed by atoms with Crippen LogP contribution in [0.5, 0.6) is 0 Å². The van der Waals surface area contributed by atoms with E-state index in [2.05, 4.69) is 0 Å². The van der Waals surface area contributed by atoms with Gasteiger partial charge in [-0.25, -0.2) is 0 Å². The van der Waals surface area contributed by atoms with Gasteiger partial charge in [-0.15, -0.1) is 0 Å². The summed E-state index contributed by atoms with van der Waals surface area (Å²) in [5, 5.41) is 0. The lowest BCUT2D eigenvalue weighted by molar-refractivity contribution is -0.924. The summed E-state index contributed by atoms with van der Waals surface area (Å²) < 4.78 is 5.48. The minimum absolute atomic E-state index is 0.0198. The van der Waals surface area contributed by atoms with Crippen molar-refractivity contribution in [1.29, 1.82) is 0 Å². The van der Waals surface area contributed by atoms with Crippen molar-refractivity contribution in [3.8, 4) is 0 Å². The van der Waals surface area contributed by atoms with Gasteiger partial charge in [0.25, 0.3) is 0 Å². The summed E-state index contributed by atoms with van der Waals surface area (Å²) in [7, 11) is 5.48. The van der Waals surface area contributed by atoms with Crippen molar-refractivity contribution in [2.45, 2.75) is 18.5 Å². The first-order valence-electron chi connectivity index (χ1n) is 6.52. The van der Waals surface area contributed by atoms with E-state index in [1.807, 2.05) is 38.4 Å². The summed E-state index contributed by atoms with van der Waals surface area (Å²) >= 11 is 0. The number of ether oxygens (including phenoxy) is 1. The summed E-state index contributed by atoms with van der Waals surface area (Å²) in [6.07, 6.45) is 0.581. The Balaban J connectivity index is 2.19. The van der Waals surface area contributed by atoms with Crippen LogP contribution in [0.4, 0.5) is 0 Å². The lowest BCUT2D eigenvalue weighted by Gasteiger charge is -2.41. The lowest BCUT2D eigenvalue weighted by Crippen LogP contribution is -2.53. The number of benzene rings is 1. The van der Waals surface area contributed by atoms with E-state index in [0.29, 0.717) is 10.9 Å². The molecule has 3 unspecified atom stereocenters. The molecule has 2 aliphatic rings. The van der Waals surface area contributed by atoms with Gasteiger partial charge in [0.15, 0.2) is 6.04 Å². The fourth-order valence-corrected chi connectivity index (χ4v) is 3.82. The number of quaternary nitrogens is 1. The monoisotopic (exact) mass is 260 g/mol. The number of Topliss-reactive ketones (excluding diaryl/α,β-unsaturated/α-hetero) is 1. The number of fused-ring (bicyclic) bond motifs is 4. The standard InChI is InChI=1S/C15H18NO3/c1-16(2)12-8-11(15(18)19-3)13(16)9-6-4-5-7-10(9)14(12)17/h4-7,11-13H,8H2,1-3H3/q+1. The molecule has 0 aromatic heterocycles. The first-order valence-corrected chi connectivity index (χ1v) is 6.52. The van der Waals surface area contributed by atoms with E-state index < -0.39 is 0 Å². The van der Waals surface area contributed by atoms with Gasteiger partial charge in [0.1, 0.15) is 12.0 Å². The Morgan fingerprint density at radius 2 is 2.00 bits per heavy atom. The van der Waals surface area contributed by atoms with E-state index in [-0.39, 0.29) is 29.8 Å². The number of ketones is 1. The molecule has 2 heterocycles. The fraction of sp³-hybridized carbons (Fsp3) is 0.467. The zero-order valence-corrected chi connectivity index (χ0v) is 11.4. The van der Waals surface area contributed by atoms with Gasteiger partial charge in [-0.3, -0.25) is 9.59 Å². The molecule has 2 aliphatic heterocycles. The molecule has 4 nitrogen and oxygen atoms in total. The van der Waals surface area contributed by atoms with E-state index in [4.69, 9.17) is 4.74 Å². The molecule has 0 radical (unpaired) electrons. The van der Waals surface area contributed by atoms with Crippen LogP contribution in [0.1, 0.15) is 28.4 Å². The predicted octanol–water partition coefficient (Wildman–Crippen LogP) is 1.56. The zero-order chi connectivity index (χ0) is 13.8.